The molecule has 0 heterocycles. The quantitative estimate of drug-likeness (QED) is 0.545. The van der Waals surface area contributed by atoms with Gasteiger partial charge < -0.3 is 14.8 Å². The highest BCUT2D eigenvalue weighted by molar-refractivity contribution is 5.94. The van der Waals surface area contributed by atoms with E-state index >= 15 is 0 Å². The highest BCUT2D eigenvalue weighted by atomic mass is 16.6. The van der Waals surface area contributed by atoms with Crippen LogP contribution < -0.4 is 10.1 Å². The van der Waals surface area contributed by atoms with Crippen LogP contribution in [0.1, 0.15) is 28.4 Å². The lowest BCUT2D eigenvalue weighted by Crippen LogP contribution is -2.26. The maximum absolute atomic E-state index is 12.3. The Morgan fingerprint density at radius 3 is 2.07 bits per heavy atom. The van der Waals surface area contributed by atoms with E-state index in [1.807, 2.05) is 60.7 Å². The molecule has 1 amide bonds. The third kappa shape index (κ3) is 6.48. The number of esters is 1. The predicted octanol–water partition coefficient (Wildman–Crippen LogP) is 4.17. The average Bonchev–Trinajstić information content (AvgIpc) is 2.79. The maximum Gasteiger partial charge on any atom is 0.347 e. The Balaban J connectivity index is 1.43. The lowest BCUT2D eigenvalue weighted by atomic mass is 10.1. The van der Waals surface area contributed by atoms with Crippen LogP contribution in [0.15, 0.2) is 84.9 Å². The lowest BCUT2D eigenvalue weighted by Gasteiger charge is -2.14. The van der Waals surface area contributed by atoms with Gasteiger partial charge in [-0.15, -0.1) is 0 Å². The van der Waals surface area contributed by atoms with Crippen LogP contribution in [0, 0.1) is 0 Å². The summed E-state index contributed by atoms with van der Waals surface area (Å²) in [5.74, 6) is -0.0885. The third-order valence-electron chi connectivity index (χ3n) is 4.53. The third-order valence-corrected chi connectivity index (χ3v) is 4.53. The molecule has 5 nitrogen and oxygen atoms in total. The number of nitrogens with one attached hydrogen (secondary N) is 1. The Hall–Kier alpha value is -3.60. The van der Waals surface area contributed by atoms with E-state index in [-0.39, 0.29) is 12.5 Å². The first-order valence-corrected chi connectivity index (χ1v) is 9.91. The van der Waals surface area contributed by atoms with Gasteiger partial charge in [0.05, 0.1) is 0 Å². The zero-order valence-corrected chi connectivity index (χ0v) is 16.9. The molecule has 0 saturated heterocycles. The van der Waals surface area contributed by atoms with E-state index in [4.69, 9.17) is 9.47 Å². The smallest absolute Gasteiger partial charge is 0.347 e. The van der Waals surface area contributed by atoms with E-state index in [0.717, 1.165) is 12.0 Å². The van der Waals surface area contributed by atoms with Crippen LogP contribution in [0.25, 0.3) is 0 Å². The fourth-order valence-corrected chi connectivity index (χ4v) is 2.85. The van der Waals surface area contributed by atoms with E-state index in [2.05, 4.69) is 5.32 Å². The topological polar surface area (TPSA) is 64.6 Å². The molecule has 0 aliphatic heterocycles. The van der Waals surface area contributed by atoms with Crippen molar-refractivity contribution in [3.63, 3.8) is 0 Å². The Bertz CT molecular complexity index is 940. The van der Waals surface area contributed by atoms with Gasteiger partial charge in [0.2, 0.25) is 0 Å². The Kier molecular flexibility index (Phi) is 7.61. The second-order valence-electron chi connectivity index (χ2n) is 6.87. The van der Waals surface area contributed by atoms with E-state index < -0.39 is 12.1 Å². The SMILES string of the molecule is C[C@H](Oc1ccc(C(=O)NCCc2ccccc2)cc1)C(=O)OCc1ccccc1. The molecule has 154 valence electrons. The van der Waals surface area contributed by atoms with Crippen molar-refractivity contribution in [2.45, 2.75) is 26.1 Å². The molecular formula is C25H25NO4. The fourth-order valence-electron chi connectivity index (χ4n) is 2.85. The zero-order valence-electron chi connectivity index (χ0n) is 16.9. The summed E-state index contributed by atoms with van der Waals surface area (Å²) < 4.78 is 10.9. The standard InChI is InChI=1S/C25H25NO4/c1-19(25(28)29-18-21-10-6-3-7-11-21)30-23-14-12-22(13-15-23)24(27)26-17-16-20-8-4-2-5-9-20/h2-15,19H,16-18H2,1H3,(H,26,27)/t19-/m0/s1. The number of carbonyl (C=O) groups is 2. The summed E-state index contributed by atoms with van der Waals surface area (Å²) in [7, 11) is 0. The van der Waals surface area contributed by atoms with Crippen molar-refractivity contribution in [2.75, 3.05) is 6.54 Å². The van der Waals surface area contributed by atoms with Gasteiger partial charge in [0.1, 0.15) is 12.4 Å². The van der Waals surface area contributed by atoms with Gasteiger partial charge in [0.25, 0.3) is 5.91 Å². The van der Waals surface area contributed by atoms with Crippen LogP contribution in [0.3, 0.4) is 0 Å². The summed E-state index contributed by atoms with van der Waals surface area (Å²) >= 11 is 0. The number of hydrogen-bond donors (Lipinski definition) is 1. The van der Waals surface area contributed by atoms with E-state index in [1.54, 1.807) is 31.2 Å². The summed E-state index contributed by atoms with van der Waals surface area (Å²) in [4.78, 5) is 24.4. The van der Waals surface area contributed by atoms with Crippen molar-refractivity contribution >= 4 is 11.9 Å². The van der Waals surface area contributed by atoms with Gasteiger partial charge in [-0.2, -0.15) is 0 Å². The number of amides is 1. The molecular weight excluding hydrogens is 378 g/mol. The molecule has 0 bridgehead atoms. The molecule has 0 saturated carbocycles. The number of hydrogen-bond acceptors (Lipinski definition) is 4. The Labute approximate surface area is 176 Å². The van der Waals surface area contributed by atoms with Gasteiger partial charge in [-0.25, -0.2) is 4.79 Å². The van der Waals surface area contributed by atoms with Crippen LogP contribution >= 0.6 is 0 Å². The largest absolute Gasteiger partial charge is 0.479 e. The minimum atomic E-state index is -0.751. The monoisotopic (exact) mass is 403 g/mol. The highest BCUT2D eigenvalue weighted by Gasteiger charge is 2.16. The first-order chi connectivity index (χ1) is 14.6. The summed E-state index contributed by atoms with van der Waals surface area (Å²) in [6.07, 6.45) is 0.0235. The van der Waals surface area contributed by atoms with E-state index in [9.17, 15) is 9.59 Å². The van der Waals surface area contributed by atoms with Gasteiger partial charge in [-0.3, -0.25) is 4.79 Å². The first kappa shape index (κ1) is 21.1. The van der Waals surface area contributed by atoms with Crippen molar-refractivity contribution < 1.29 is 19.1 Å². The zero-order chi connectivity index (χ0) is 21.2. The van der Waals surface area contributed by atoms with Gasteiger partial charge in [-0.1, -0.05) is 60.7 Å². The second-order valence-corrected chi connectivity index (χ2v) is 6.87. The van der Waals surface area contributed by atoms with Gasteiger partial charge in [0, 0.05) is 12.1 Å². The molecule has 3 rings (SSSR count). The molecule has 3 aromatic rings. The van der Waals surface area contributed by atoms with E-state index in [0.29, 0.717) is 17.9 Å². The average molecular weight is 403 g/mol. The van der Waals surface area contributed by atoms with Crippen LogP contribution in [0.5, 0.6) is 5.75 Å². The van der Waals surface area contributed by atoms with Crippen molar-refractivity contribution in [1.29, 1.82) is 0 Å². The van der Waals surface area contributed by atoms with Gasteiger partial charge in [0.15, 0.2) is 6.10 Å². The van der Waals surface area contributed by atoms with Crippen molar-refractivity contribution in [1.82, 2.24) is 5.32 Å². The molecule has 0 aliphatic carbocycles. The number of carbonyl (C=O) groups excluding carboxylic acids is 2. The number of benzene rings is 3. The summed E-state index contributed by atoms with van der Waals surface area (Å²) in [6.45, 7) is 2.40. The minimum absolute atomic E-state index is 0.146. The molecule has 1 atom stereocenters. The molecule has 0 unspecified atom stereocenters. The second kappa shape index (κ2) is 10.8. The Morgan fingerprint density at radius 1 is 0.833 bits per heavy atom. The number of ether oxygens (including phenoxy) is 2. The summed E-state index contributed by atoms with van der Waals surface area (Å²) in [5, 5.41) is 2.90. The first-order valence-electron chi connectivity index (χ1n) is 9.91. The van der Waals surface area contributed by atoms with Gasteiger partial charge >= 0.3 is 5.97 Å². The minimum Gasteiger partial charge on any atom is -0.479 e. The normalized spacial score (nSPS) is 11.4. The highest BCUT2D eigenvalue weighted by Crippen LogP contribution is 2.15. The maximum atomic E-state index is 12.3. The van der Waals surface area contributed by atoms with Crippen molar-refractivity contribution in [3.05, 3.63) is 102 Å². The van der Waals surface area contributed by atoms with Crippen molar-refractivity contribution in [3.8, 4) is 5.75 Å². The Morgan fingerprint density at radius 2 is 1.43 bits per heavy atom. The van der Waals surface area contributed by atoms with Gasteiger partial charge in [-0.05, 0) is 48.7 Å². The summed E-state index contributed by atoms with van der Waals surface area (Å²) in [6, 6.07) is 26.2. The molecule has 0 aromatic heterocycles. The predicted molar refractivity (Wildman–Crippen MR) is 115 cm³/mol. The molecule has 0 spiro atoms. The lowest BCUT2D eigenvalue weighted by molar-refractivity contribution is -0.152. The molecule has 0 radical (unpaired) electrons. The molecule has 0 fully saturated rings. The van der Waals surface area contributed by atoms with Crippen LogP contribution in [-0.4, -0.2) is 24.5 Å². The fraction of sp³-hybridized carbons (Fsp3) is 0.200. The summed E-state index contributed by atoms with van der Waals surface area (Å²) in [5.41, 5.74) is 2.63. The molecule has 5 heteroatoms. The van der Waals surface area contributed by atoms with Crippen LogP contribution in [-0.2, 0) is 22.6 Å². The van der Waals surface area contributed by atoms with E-state index in [1.165, 1.54) is 5.56 Å². The van der Waals surface area contributed by atoms with Crippen LogP contribution in [0.4, 0.5) is 0 Å². The number of rotatable bonds is 9. The molecule has 3 aromatic carbocycles. The van der Waals surface area contributed by atoms with Crippen LogP contribution in [0.2, 0.25) is 0 Å². The molecule has 30 heavy (non-hydrogen) atoms. The molecule has 1 N–H and O–H groups in total. The molecule has 0 aliphatic rings. The van der Waals surface area contributed by atoms with Crippen molar-refractivity contribution in [2.24, 2.45) is 0 Å².